The second-order valence-corrected chi connectivity index (χ2v) is 7.13. The van der Waals surface area contributed by atoms with E-state index in [2.05, 4.69) is 0 Å². The van der Waals surface area contributed by atoms with Crippen LogP contribution in [0.4, 0.5) is 5.69 Å². The van der Waals surface area contributed by atoms with E-state index in [9.17, 15) is 24.8 Å². The minimum Gasteiger partial charge on any atom is -0.507 e. The molecule has 1 aliphatic rings. The van der Waals surface area contributed by atoms with Crippen LogP contribution in [0.25, 0.3) is 5.76 Å². The van der Waals surface area contributed by atoms with E-state index in [1.807, 2.05) is 30.3 Å². The second-order valence-electron chi connectivity index (χ2n) is 7.13. The minimum absolute atomic E-state index is 0.0408. The van der Waals surface area contributed by atoms with Crippen LogP contribution >= 0.6 is 0 Å². The van der Waals surface area contributed by atoms with Crippen molar-refractivity contribution in [2.75, 3.05) is 0 Å². The number of nitro groups is 1. The van der Waals surface area contributed by atoms with Crippen molar-refractivity contribution in [3.05, 3.63) is 117 Å². The van der Waals surface area contributed by atoms with Crippen molar-refractivity contribution in [3.63, 3.8) is 0 Å². The topological polar surface area (TPSA) is 101 Å². The second kappa shape index (κ2) is 8.23. The summed E-state index contributed by atoms with van der Waals surface area (Å²) >= 11 is 0. The summed E-state index contributed by atoms with van der Waals surface area (Å²) in [5.74, 6) is -1.80. The molecular formula is C24H18N2O5. The zero-order valence-electron chi connectivity index (χ0n) is 16.3. The summed E-state index contributed by atoms with van der Waals surface area (Å²) in [7, 11) is 0. The molecule has 0 saturated carbocycles. The van der Waals surface area contributed by atoms with E-state index in [-0.39, 0.29) is 23.6 Å². The number of rotatable bonds is 5. The maximum absolute atomic E-state index is 13.0. The number of nitrogens with zero attached hydrogens (tertiary/aromatic N) is 2. The Hall–Kier alpha value is -4.26. The summed E-state index contributed by atoms with van der Waals surface area (Å²) in [5, 5.41) is 22.0. The summed E-state index contributed by atoms with van der Waals surface area (Å²) in [6.07, 6.45) is 0. The highest BCUT2D eigenvalue weighted by molar-refractivity contribution is 6.46. The molecule has 7 heteroatoms. The van der Waals surface area contributed by atoms with E-state index in [0.717, 1.165) is 5.56 Å². The molecule has 31 heavy (non-hydrogen) atoms. The van der Waals surface area contributed by atoms with Gasteiger partial charge in [-0.25, -0.2) is 0 Å². The van der Waals surface area contributed by atoms with Gasteiger partial charge in [-0.15, -0.1) is 0 Å². The summed E-state index contributed by atoms with van der Waals surface area (Å²) in [6.45, 7) is 0.151. The molecular weight excluding hydrogens is 396 g/mol. The summed E-state index contributed by atoms with van der Waals surface area (Å²) in [5.41, 5.74) is 1.58. The van der Waals surface area contributed by atoms with Crippen molar-refractivity contribution in [2.45, 2.75) is 12.6 Å². The van der Waals surface area contributed by atoms with Crippen molar-refractivity contribution >= 4 is 23.1 Å². The van der Waals surface area contributed by atoms with E-state index in [4.69, 9.17) is 0 Å². The third kappa shape index (κ3) is 3.81. The molecule has 4 rings (SSSR count). The number of carbonyl (C=O) groups excluding carboxylic acids is 2. The van der Waals surface area contributed by atoms with Gasteiger partial charge in [0.1, 0.15) is 5.76 Å². The van der Waals surface area contributed by atoms with E-state index in [1.165, 1.54) is 29.2 Å². The summed E-state index contributed by atoms with van der Waals surface area (Å²) in [6, 6.07) is 22.5. The number of carbonyl (C=O) groups is 2. The number of aliphatic hydroxyl groups excluding tert-OH is 1. The highest BCUT2D eigenvalue weighted by Gasteiger charge is 2.46. The van der Waals surface area contributed by atoms with Crippen molar-refractivity contribution < 1.29 is 19.6 Å². The molecule has 1 saturated heterocycles. The smallest absolute Gasteiger partial charge is 0.295 e. The summed E-state index contributed by atoms with van der Waals surface area (Å²) < 4.78 is 0. The maximum Gasteiger partial charge on any atom is 0.295 e. The van der Waals surface area contributed by atoms with E-state index in [0.29, 0.717) is 11.1 Å². The first kappa shape index (κ1) is 20.0. The molecule has 1 aliphatic heterocycles. The molecule has 1 atom stereocenters. The normalized spacial score (nSPS) is 17.7. The van der Waals surface area contributed by atoms with Crippen molar-refractivity contribution in [1.82, 2.24) is 4.90 Å². The minimum atomic E-state index is -0.874. The fraction of sp³-hybridized carbons (Fsp3) is 0.0833. The molecule has 0 aliphatic carbocycles. The van der Waals surface area contributed by atoms with Crippen molar-refractivity contribution in [3.8, 4) is 0 Å². The molecule has 0 unspecified atom stereocenters. The van der Waals surface area contributed by atoms with Crippen LogP contribution in [-0.2, 0) is 16.1 Å². The number of likely N-dealkylation sites (tertiary alicyclic amines) is 1. The van der Waals surface area contributed by atoms with Crippen LogP contribution in [-0.4, -0.2) is 26.6 Å². The lowest BCUT2D eigenvalue weighted by Gasteiger charge is -2.25. The Balaban J connectivity index is 1.85. The van der Waals surface area contributed by atoms with Crippen molar-refractivity contribution in [2.24, 2.45) is 0 Å². The van der Waals surface area contributed by atoms with Gasteiger partial charge < -0.3 is 10.0 Å². The first-order chi connectivity index (χ1) is 15.0. The van der Waals surface area contributed by atoms with Gasteiger partial charge in [0.05, 0.1) is 16.5 Å². The average Bonchev–Trinajstić information content (AvgIpc) is 3.05. The Bertz CT molecular complexity index is 1170. The third-order valence-corrected chi connectivity index (χ3v) is 5.20. The van der Waals surface area contributed by atoms with Crippen LogP contribution in [0.3, 0.4) is 0 Å². The zero-order chi connectivity index (χ0) is 22.0. The van der Waals surface area contributed by atoms with E-state index in [1.54, 1.807) is 30.3 Å². The van der Waals surface area contributed by atoms with Gasteiger partial charge >= 0.3 is 0 Å². The standard InChI is InChI=1S/C24H18N2O5/c27-22(18-9-5-2-6-10-18)20-21(17-11-13-19(14-12-17)26(30)31)25(24(29)23(20)28)15-16-7-3-1-4-8-16/h1-14,21,27H,15H2/t21-/m0/s1. The van der Waals surface area contributed by atoms with Gasteiger partial charge in [0.2, 0.25) is 0 Å². The fourth-order valence-electron chi connectivity index (χ4n) is 3.70. The van der Waals surface area contributed by atoms with Crippen LogP contribution < -0.4 is 0 Å². The first-order valence-electron chi connectivity index (χ1n) is 9.59. The van der Waals surface area contributed by atoms with Crippen LogP contribution in [0.2, 0.25) is 0 Å². The van der Waals surface area contributed by atoms with Gasteiger partial charge in [-0.05, 0) is 23.3 Å². The van der Waals surface area contributed by atoms with Gasteiger partial charge in [0, 0.05) is 24.2 Å². The molecule has 1 fully saturated rings. The Morgan fingerprint density at radius 3 is 2.06 bits per heavy atom. The molecule has 3 aromatic carbocycles. The molecule has 0 aromatic heterocycles. The summed E-state index contributed by atoms with van der Waals surface area (Å²) in [4.78, 5) is 37.8. The molecule has 3 aromatic rings. The van der Waals surface area contributed by atoms with Crippen LogP contribution in [0, 0.1) is 10.1 Å². The van der Waals surface area contributed by atoms with Crippen LogP contribution in [0.5, 0.6) is 0 Å². The molecule has 0 bridgehead atoms. The molecule has 0 spiro atoms. The van der Waals surface area contributed by atoms with Gasteiger partial charge in [-0.2, -0.15) is 0 Å². The number of aliphatic hydroxyl groups is 1. The van der Waals surface area contributed by atoms with E-state index >= 15 is 0 Å². The van der Waals surface area contributed by atoms with Crippen LogP contribution in [0.15, 0.2) is 90.5 Å². The number of ketones is 1. The average molecular weight is 414 g/mol. The monoisotopic (exact) mass is 414 g/mol. The number of non-ortho nitro benzene ring substituents is 1. The lowest BCUT2D eigenvalue weighted by molar-refractivity contribution is -0.384. The number of nitro benzene ring substituents is 1. The number of amides is 1. The van der Waals surface area contributed by atoms with E-state index < -0.39 is 22.7 Å². The molecule has 1 amide bonds. The number of hydrogen-bond acceptors (Lipinski definition) is 5. The van der Waals surface area contributed by atoms with Gasteiger partial charge in [0.15, 0.2) is 0 Å². The predicted octanol–water partition coefficient (Wildman–Crippen LogP) is 4.22. The number of benzene rings is 3. The molecule has 1 heterocycles. The largest absolute Gasteiger partial charge is 0.507 e. The van der Waals surface area contributed by atoms with Gasteiger partial charge in [-0.1, -0.05) is 60.7 Å². The molecule has 1 N–H and O–H groups in total. The first-order valence-corrected chi connectivity index (χ1v) is 9.59. The van der Waals surface area contributed by atoms with Crippen LogP contribution in [0.1, 0.15) is 22.7 Å². The number of hydrogen-bond donors (Lipinski definition) is 1. The highest BCUT2D eigenvalue weighted by atomic mass is 16.6. The third-order valence-electron chi connectivity index (χ3n) is 5.20. The Labute approximate surface area is 178 Å². The fourth-order valence-corrected chi connectivity index (χ4v) is 3.70. The lowest BCUT2D eigenvalue weighted by atomic mass is 9.95. The van der Waals surface area contributed by atoms with Crippen molar-refractivity contribution in [1.29, 1.82) is 0 Å². The Morgan fingerprint density at radius 1 is 0.903 bits per heavy atom. The van der Waals surface area contributed by atoms with Gasteiger partial charge in [0.25, 0.3) is 17.4 Å². The number of Topliss-reactive ketones (excluding diaryl/α,β-unsaturated/α-hetero) is 1. The molecule has 7 nitrogen and oxygen atoms in total. The Kier molecular flexibility index (Phi) is 5.32. The molecule has 0 radical (unpaired) electrons. The molecule has 154 valence electrons. The van der Waals surface area contributed by atoms with Gasteiger partial charge in [-0.3, -0.25) is 19.7 Å². The zero-order valence-corrected chi connectivity index (χ0v) is 16.3. The quantitative estimate of drug-likeness (QED) is 0.222. The highest BCUT2D eigenvalue weighted by Crippen LogP contribution is 2.40. The maximum atomic E-state index is 13.0. The Morgan fingerprint density at radius 2 is 1.48 bits per heavy atom. The predicted molar refractivity (Wildman–Crippen MR) is 114 cm³/mol. The lowest BCUT2D eigenvalue weighted by Crippen LogP contribution is -2.29. The SMILES string of the molecule is O=C1C(=O)N(Cc2ccccc2)[C@@H](c2ccc([N+](=O)[O-])cc2)C1=C(O)c1ccccc1.